The lowest BCUT2D eigenvalue weighted by Gasteiger charge is -2.26. The lowest BCUT2D eigenvalue weighted by atomic mass is 10.0. The van der Waals surface area contributed by atoms with E-state index >= 15 is 0 Å². The first-order valence-corrected chi connectivity index (χ1v) is 36.5. The summed E-state index contributed by atoms with van der Waals surface area (Å²) >= 11 is 0. The number of phosphoric acid groups is 1. The highest BCUT2D eigenvalue weighted by Crippen LogP contribution is 2.43. The van der Waals surface area contributed by atoms with Gasteiger partial charge in [-0.2, -0.15) is 0 Å². The molecule has 3 N–H and O–H groups in total. The van der Waals surface area contributed by atoms with Crippen LogP contribution in [0, 0.1) is 0 Å². The molecule has 0 saturated carbocycles. The molecule has 0 aliphatic rings. The number of aliphatic hydroxyl groups excluding tert-OH is 1. The van der Waals surface area contributed by atoms with E-state index in [1.165, 1.54) is 257 Å². The van der Waals surface area contributed by atoms with Crippen molar-refractivity contribution in [3.8, 4) is 0 Å². The number of hydrogen-bond donors (Lipinski definition) is 3. The molecule has 0 aromatic heterocycles. The van der Waals surface area contributed by atoms with E-state index in [9.17, 15) is 19.4 Å². The van der Waals surface area contributed by atoms with Crippen LogP contribution in [0.25, 0.3) is 0 Å². The summed E-state index contributed by atoms with van der Waals surface area (Å²) in [6, 6.07) is -0.759. The van der Waals surface area contributed by atoms with Crippen molar-refractivity contribution in [1.82, 2.24) is 5.32 Å². The molecule has 0 saturated heterocycles. The second-order valence-electron chi connectivity index (χ2n) is 25.2. The summed E-state index contributed by atoms with van der Waals surface area (Å²) in [4.78, 5) is 23.4. The minimum Gasteiger partial charge on any atom is -0.391 e. The molecule has 0 rings (SSSR count). The molecule has 472 valence electrons. The highest BCUT2D eigenvalue weighted by atomic mass is 31.2. The van der Waals surface area contributed by atoms with E-state index in [0.717, 1.165) is 64.2 Å². The van der Waals surface area contributed by atoms with E-state index in [-0.39, 0.29) is 19.1 Å². The normalized spacial score (nSPS) is 13.9. The number of likely N-dealkylation sites (N-methyl/N-ethyl adjacent to an activating group) is 1. The number of rotatable bonds is 65. The van der Waals surface area contributed by atoms with E-state index in [4.69, 9.17) is 9.05 Å². The molecule has 80 heavy (non-hydrogen) atoms. The fourth-order valence-corrected chi connectivity index (χ4v) is 11.4. The molecule has 0 spiro atoms. The third-order valence-corrected chi connectivity index (χ3v) is 17.1. The van der Waals surface area contributed by atoms with E-state index < -0.39 is 20.0 Å². The molecule has 0 aromatic carbocycles. The number of phosphoric ester groups is 1. The summed E-state index contributed by atoms with van der Waals surface area (Å²) in [6.45, 7) is 4.82. The maximum absolute atomic E-state index is 13.0. The van der Waals surface area contributed by atoms with Crippen LogP contribution in [0.4, 0.5) is 0 Å². The van der Waals surface area contributed by atoms with Crippen molar-refractivity contribution >= 4 is 13.7 Å². The standard InChI is InChI=1S/C71H137N2O6P/c1-6-8-10-12-14-16-18-20-22-24-25-26-27-28-29-30-31-32-33-34-35-36-37-38-39-40-41-42-43-44-45-46-47-49-51-53-55-57-59-61-63-65-71(75)72-69(68-79-80(76,77)78-67-66-73(3,4)5)70(74)64-62-60-58-56-54-52-50-48-23-21-19-17-15-13-11-9-7-2/h8,10,14,16,20,22,25-26,69-70,74H,6-7,9,11-13,15,17-19,21,23-24,27-68H2,1-5H3,(H-,72,75,76,77)/p+1/b10-8-,16-14-,22-20-,26-25-. The largest absolute Gasteiger partial charge is 0.472 e. The zero-order valence-electron chi connectivity index (χ0n) is 54.1. The molecular formula is C71H138N2O6P+. The quantitative estimate of drug-likeness (QED) is 0.0243. The minimum atomic E-state index is -4.32. The van der Waals surface area contributed by atoms with E-state index in [2.05, 4.69) is 67.8 Å². The second kappa shape index (κ2) is 62.0. The summed E-state index contributed by atoms with van der Waals surface area (Å²) in [7, 11) is 1.63. The number of amides is 1. The van der Waals surface area contributed by atoms with Crippen molar-refractivity contribution in [3.05, 3.63) is 48.6 Å². The Labute approximate surface area is 499 Å². The monoisotopic (exact) mass is 1150 g/mol. The van der Waals surface area contributed by atoms with Crippen molar-refractivity contribution in [1.29, 1.82) is 0 Å². The predicted molar refractivity (Wildman–Crippen MR) is 351 cm³/mol. The van der Waals surface area contributed by atoms with Crippen LogP contribution in [-0.4, -0.2) is 73.4 Å². The number of carbonyl (C=O) groups is 1. The first kappa shape index (κ1) is 78.5. The molecular weight excluding hydrogens is 1010 g/mol. The lowest BCUT2D eigenvalue weighted by molar-refractivity contribution is -0.870. The Balaban J connectivity index is 3.85. The fraction of sp³-hybridized carbons (Fsp3) is 0.873. The van der Waals surface area contributed by atoms with Gasteiger partial charge in [-0.25, -0.2) is 4.57 Å². The number of nitrogens with one attached hydrogen (secondary N) is 1. The zero-order valence-corrected chi connectivity index (χ0v) is 55.0. The maximum atomic E-state index is 13.0. The summed E-state index contributed by atoms with van der Waals surface area (Å²) in [6.07, 6.45) is 83.7. The van der Waals surface area contributed by atoms with Crippen molar-refractivity contribution in [2.75, 3.05) is 40.9 Å². The number of nitrogens with zero attached hydrogens (tertiary/aromatic N) is 1. The molecule has 0 heterocycles. The highest BCUT2D eigenvalue weighted by Gasteiger charge is 2.28. The number of quaternary nitrogens is 1. The van der Waals surface area contributed by atoms with Crippen LogP contribution < -0.4 is 5.32 Å². The number of aliphatic hydroxyl groups is 1. The number of allylic oxidation sites excluding steroid dienone is 8. The van der Waals surface area contributed by atoms with Crippen LogP contribution in [0.3, 0.4) is 0 Å². The molecule has 8 nitrogen and oxygen atoms in total. The Bertz CT molecular complexity index is 1440. The van der Waals surface area contributed by atoms with Crippen LogP contribution in [0.2, 0.25) is 0 Å². The van der Waals surface area contributed by atoms with Gasteiger partial charge < -0.3 is 19.8 Å². The first-order chi connectivity index (χ1) is 39.0. The van der Waals surface area contributed by atoms with Gasteiger partial charge in [0.2, 0.25) is 5.91 Å². The summed E-state index contributed by atoms with van der Waals surface area (Å²) in [5.41, 5.74) is 0. The third kappa shape index (κ3) is 64.0. The topological polar surface area (TPSA) is 105 Å². The molecule has 9 heteroatoms. The molecule has 0 aliphatic heterocycles. The van der Waals surface area contributed by atoms with Crippen LogP contribution >= 0.6 is 7.82 Å². The Morgan fingerprint density at radius 3 is 1.10 bits per heavy atom. The van der Waals surface area contributed by atoms with Gasteiger partial charge in [-0.15, -0.1) is 0 Å². The van der Waals surface area contributed by atoms with Crippen LogP contribution in [0.1, 0.15) is 348 Å². The van der Waals surface area contributed by atoms with E-state index in [0.29, 0.717) is 23.9 Å². The first-order valence-electron chi connectivity index (χ1n) is 35.0. The lowest BCUT2D eigenvalue weighted by Crippen LogP contribution is -2.46. The summed E-state index contributed by atoms with van der Waals surface area (Å²) < 4.78 is 23.9. The molecule has 0 aromatic rings. The Morgan fingerprint density at radius 1 is 0.438 bits per heavy atom. The van der Waals surface area contributed by atoms with Crippen molar-refractivity contribution < 1.29 is 32.9 Å². The molecule has 0 radical (unpaired) electrons. The van der Waals surface area contributed by atoms with Gasteiger partial charge in [-0.1, -0.05) is 339 Å². The van der Waals surface area contributed by atoms with Gasteiger partial charge in [-0.05, 0) is 51.4 Å². The molecule has 0 fully saturated rings. The summed E-state index contributed by atoms with van der Waals surface area (Å²) in [5.74, 6) is -0.137. The SMILES string of the molecule is CC/C=C\C/C=C\C/C=C\C/C=C\CCCCCCCCCCCCCCCCCCCCCCCCCCCCCCC(=O)NC(COP(=O)(O)OCC[N+](C)(C)C)C(O)CCCCCCCCCCCCCCCCCCC. The van der Waals surface area contributed by atoms with Gasteiger partial charge in [0.25, 0.3) is 0 Å². The number of hydrogen-bond acceptors (Lipinski definition) is 5. The van der Waals surface area contributed by atoms with Gasteiger partial charge in [-0.3, -0.25) is 13.8 Å². The zero-order chi connectivity index (χ0) is 58.4. The van der Waals surface area contributed by atoms with Gasteiger partial charge in [0.15, 0.2) is 0 Å². The summed E-state index contributed by atoms with van der Waals surface area (Å²) in [5, 5.41) is 14.1. The van der Waals surface area contributed by atoms with Crippen molar-refractivity contribution in [3.63, 3.8) is 0 Å². The molecule has 0 aliphatic carbocycles. The van der Waals surface area contributed by atoms with Crippen molar-refractivity contribution in [2.45, 2.75) is 360 Å². The Kier molecular flexibility index (Phi) is 60.8. The third-order valence-electron chi connectivity index (χ3n) is 16.1. The van der Waals surface area contributed by atoms with Gasteiger partial charge >= 0.3 is 7.82 Å². The second-order valence-corrected chi connectivity index (χ2v) is 26.7. The van der Waals surface area contributed by atoms with Crippen LogP contribution in [-0.2, 0) is 18.4 Å². The Morgan fingerprint density at radius 2 is 0.750 bits per heavy atom. The maximum Gasteiger partial charge on any atom is 0.472 e. The average Bonchev–Trinajstić information content (AvgIpc) is 3.42. The van der Waals surface area contributed by atoms with Gasteiger partial charge in [0.1, 0.15) is 13.2 Å². The average molecular weight is 1150 g/mol. The van der Waals surface area contributed by atoms with Gasteiger partial charge in [0, 0.05) is 6.42 Å². The van der Waals surface area contributed by atoms with E-state index in [1.807, 2.05) is 21.1 Å². The van der Waals surface area contributed by atoms with Gasteiger partial charge in [0.05, 0.1) is 39.9 Å². The number of carbonyl (C=O) groups excluding carboxylic acids is 1. The minimum absolute atomic E-state index is 0.0772. The van der Waals surface area contributed by atoms with Crippen LogP contribution in [0.5, 0.6) is 0 Å². The molecule has 1 amide bonds. The smallest absolute Gasteiger partial charge is 0.391 e. The fourth-order valence-electron chi connectivity index (χ4n) is 10.7. The predicted octanol–water partition coefficient (Wildman–Crippen LogP) is 22.2. The molecule has 0 bridgehead atoms. The van der Waals surface area contributed by atoms with Crippen LogP contribution in [0.15, 0.2) is 48.6 Å². The Hall–Kier alpha value is -1.54. The van der Waals surface area contributed by atoms with Crippen molar-refractivity contribution in [2.24, 2.45) is 0 Å². The molecule has 3 atom stereocenters. The number of unbranched alkanes of at least 4 members (excludes halogenated alkanes) is 44. The molecule has 3 unspecified atom stereocenters. The van der Waals surface area contributed by atoms with E-state index in [1.54, 1.807) is 0 Å². The highest BCUT2D eigenvalue weighted by molar-refractivity contribution is 7.47.